The number of rotatable bonds is 6. The molecule has 9 aromatic rings. The molecule has 2 heterocycles. The number of ether oxygens (including phenoxy) is 1. The second-order valence-electron chi connectivity index (χ2n) is 14.6. The van der Waals surface area contributed by atoms with Gasteiger partial charge in [0.15, 0.2) is 0 Å². The number of aryl methyl sites for hydroxylation is 4. The first kappa shape index (κ1) is 31.9. The van der Waals surface area contributed by atoms with Gasteiger partial charge in [-0.3, -0.25) is 0 Å². The van der Waals surface area contributed by atoms with Crippen LogP contribution in [0.5, 0.6) is 11.5 Å². The minimum Gasteiger partial charge on any atom is -0.456 e. The zero-order chi connectivity index (χ0) is 36.5. The average Bonchev–Trinajstić information content (AvgIpc) is 3.56. The maximum atomic E-state index is 6.80. The summed E-state index contributed by atoms with van der Waals surface area (Å²) in [5.41, 5.74) is 15.2. The van der Waals surface area contributed by atoms with Gasteiger partial charge in [-0.1, -0.05) is 82.9 Å². The number of furan rings is 1. The molecule has 8 aromatic carbocycles. The summed E-state index contributed by atoms with van der Waals surface area (Å²) < 4.78 is 13.6. The van der Waals surface area contributed by atoms with Crippen LogP contribution in [0.25, 0.3) is 43.8 Å². The summed E-state index contributed by atoms with van der Waals surface area (Å²) in [5, 5.41) is 4.41. The molecule has 0 bridgehead atoms. The van der Waals surface area contributed by atoms with E-state index in [0.717, 1.165) is 89.5 Å². The van der Waals surface area contributed by atoms with E-state index in [1.807, 2.05) is 0 Å². The third kappa shape index (κ3) is 5.30. The van der Waals surface area contributed by atoms with Crippen molar-refractivity contribution in [3.05, 3.63) is 180 Å². The van der Waals surface area contributed by atoms with Crippen LogP contribution in [-0.2, 0) is 0 Å². The van der Waals surface area contributed by atoms with Crippen LogP contribution in [0.2, 0.25) is 0 Å². The van der Waals surface area contributed by atoms with Crippen LogP contribution in [0.4, 0.5) is 34.1 Å². The van der Waals surface area contributed by atoms with Gasteiger partial charge in [0.2, 0.25) is 0 Å². The van der Waals surface area contributed by atoms with E-state index in [9.17, 15) is 0 Å². The Bertz CT molecular complexity index is 2780. The predicted molar refractivity (Wildman–Crippen MR) is 225 cm³/mol. The molecule has 1 aromatic heterocycles. The smallest absolute Gasteiger partial charge is 0.137 e. The molecule has 0 aliphatic carbocycles. The fourth-order valence-electron chi connectivity index (χ4n) is 7.89. The highest BCUT2D eigenvalue weighted by atomic mass is 16.5. The zero-order valence-corrected chi connectivity index (χ0v) is 30.7. The van der Waals surface area contributed by atoms with E-state index in [-0.39, 0.29) is 0 Å². The second-order valence-corrected chi connectivity index (χ2v) is 14.6. The first-order valence-electron chi connectivity index (χ1n) is 18.5. The van der Waals surface area contributed by atoms with Crippen LogP contribution in [0.15, 0.2) is 162 Å². The van der Waals surface area contributed by atoms with Crippen molar-refractivity contribution in [1.82, 2.24) is 0 Å². The molecule has 0 radical (unpaired) electrons. The Kier molecular flexibility index (Phi) is 7.34. The standard InChI is InChI=1S/C50H38N2O2/c1-31-8-16-35(17-9-31)51(36-18-10-32(2)11-19-36)39-24-26-41-44-30-48-49(43-6-5-7-45(50(43)44)53-46(41)28-39)42-27-25-40(29-47(42)54-48)52(37-20-12-33(3)13-21-37)38-22-14-34(4)15-23-38/h5-30H,1-4H3. The van der Waals surface area contributed by atoms with Crippen molar-refractivity contribution < 1.29 is 9.15 Å². The Labute approximate surface area is 315 Å². The van der Waals surface area contributed by atoms with Gasteiger partial charge in [-0.15, -0.1) is 0 Å². The monoisotopic (exact) mass is 698 g/mol. The summed E-state index contributed by atoms with van der Waals surface area (Å²) in [6, 6.07) is 56.4. The molecule has 0 spiro atoms. The van der Waals surface area contributed by atoms with Crippen molar-refractivity contribution in [2.45, 2.75) is 27.7 Å². The first-order valence-corrected chi connectivity index (χ1v) is 18.5. The molecular weight excluding hydrogens is 661 g/mol. The van der Waals surface area contributed by atoms with Crippen molar-refractivity contribution in [1.29, 1.82) is 0 Å². The Morgan fingerprint density at radius 2 is 0.833 bits per heavy atom. The lowest BCUT2D eigenvalue weighted by atomic mass is 9.92. The van der Waals surface area contributed by atoms with Crippen molar-refractivity contribution in [3.63, 3.8) is 0 Å². The van der Waals surface area contributed by atoms with Crippen LogP contribution in [-0.4, -0.2) is 0 Å². The zero-order valence-electron chi connectivity index (χ0n) is 30.7. The molecule has 54 heavy (non-hydrogen) atoms. The summed E-state index contributed by atoms with van der Waals surface area (Å²) in [7, 11) is 0. The SMILES string of the molecule is Cc1ccc(N(c2ccc(C)cc2)c2ccc3c(c2)Oc2cccc4c2c-3cc2oc3cc(N(c5ccc(C)cc5)c5ccc(C)cc5)ccc3c24)cc1. The van der Waals surface area contributed by atoms with Gasteiger partial charge in [0.25, 0.3) is 0 Å². The number of hydrogen-bond donors (Lipinski definition) is 0. The molecule has 0 saturated heterocycles. The van der Waals surface area contributed by atoms with Gasteiger partial charge in [0, 0.05) is 73.5 Å². The Hall–Kier alpha value is -6.78. The lowest BCUT2D eigenvalue weighted by Gasteiger charge is -2.28. The van der Waals surface area contributed by atoms with E-state index < -0.39 is 0 Å². The number of fused-ring (bicyclic) bond motifs is 6. The highest BCUT2D eigenvalue weighted by Gasteiger charge is 2.26. The number of anilines is 6. The largest absolute Gasteiger partial charge is 0.456 e. The van der Waals surface area contributed by atoms with E-state index in [1.165, 1.54) is 22.3 Å². The highest BCUT2D eigenvalue weighted by molar-refractivity contribution is 6.24. The van der Waals surface area contributed by atoms with E-state index >= 15 is 0 Å². The van der Waals surface area contributed by atoms with Gasteiger partial charge in [0.1, 0.15) is 22.7 Å². The second kappa shape index (κ2) is 12.4. The summed E-state index contributed by atoms with van der Waals surface area (Å²) >= 11 is 0. The number of hydrogen-bond acceptors (Lipinski definition) is 4. The topological polar surface area (TPSA) is 28.9 Å². The summed E-state index contributed by atoms with van der Waals surface area (Å²) in [5.74, 6) is 1.67. The number of nitrogens with zero attached hydrogens (tertiary/aromatic N) is 2. The lowest BCUT2D eigenvalue weighted by molar-refractivity contribution is 0.487. The van der Waals surface area contributed by atoms with Crippen LogP contribution in [0.1, 0.15) is 22.3 Å². The molecule has 0 N–H and O–H groups in total. The van der Waals surface area contributed by atoms with E-state index in [0.29, 0.717) is 0 Å². The molecule has 0 amide bonds. The fourth-order valence-corrected chi connectivity index (χ4v) is 7.89. The molecular formula is C50H38N2O2. The molecule has 10 rings (SSSR count). The Morgan fingerprint density at radius 1 is 0.352 bits per heavy atom. The first-order chi connectivity index (χ1) is 26.4. The summed E-state index contributed by atoms with van der Waals surface area (Å²) in [4.78, 5) is 4.58. The molecule has 0 atom stereocenters. The molecule has 4 heteroatoms. The van der Waals surface area contributed by atoms with Gasteiger partial charge in [-0.25, -0.2) is 0 Å². The molecule has 0 fully saturated rings. The van der Waals surface area contributed by atoms with Gasteiger partial charge in [-0.2, -0.15) is 0 Å². The van der Waals surface area contributed by atoms with Crippen LogP contribution in [0, 0.1) is 27.7 Å². The third-order valence-corrected chi connectivity index (χ3v) is 10.7. The molecule has 4 nitrogen and oxygen atoms in total. The molecule has 1 aliphatic heterocycles. The maximum Gasteiger partial charge on any atom is 0.137 e. The quantitative estimate of drug-likeness (QED) is 0.173. The van der Waals surface area contributed by atoms with Crippen molar-refractivity contribution in [2.24, 2.45) is 0 Å². The molecule has 1 aliphatic rings. The van der Waals surface area contributed by atoms with E-state index in [1.54, 1.807) is 0 Å². The average molecular weight is 699 g/mol. The van der Waals surface area contributed by atoms with Crippen molar-refractivity contribution >= 4 is 66.8 Å². The highest BCUT2D eigenvalue weighted by Crippen LogP contribution is 2.52. The Balaban J connectivity index is 1.12. The number of benzene rings is 8. The Morgan fingerprint density at radius 3 is 1.37 bits per heavy atom. The van der Waals surface area contributed by atoms with Crippen LogP contribution < -0.4 is 14.5 Å². The van der Waals surface area contributed by atoms with Crippen molar-refractivity contribution in [2.75, 3.05) is 9.80 Å². The van der Waals surface area contributed by atoms with Gasteiger partial charge in [0.05, 0.1) is 0 Å². The van der Waals surface area contributed by atoms with Crippen LogP contribution >= 0.6 is 0 Å². The van der Waals surface area contributed by atoms with Gasteiger partial charge < -0.3 is 19.0 Å². The van der Waals surface area contributed by atoms with E-state index in [2.05, 4.69) is 195 Å². The minimum atomic E-state index is 0.821. The summed E-state index contributed by atoms with van der Waals surface area (Å²) in [6.07, 6.45) is 0. The minimum absolute atomic E-state index is 0.821. The fraction of sp³-hybridized carbons (Fsp3) is 0.0800. The third-order valence-electron chi connectivity index (χ3n) is 10.7. The maximum absolute atomic E-state index is 6.80. The molecule has 0 saturated carbocycles. The van der Waals surface area contributed by atoms with E-state index in [4.69, 9.17) is 9.15 Å². The normalized spacial score (nSPS) is 11.9. The molecule has 260 valence electrons. The van der Waals surface area contributed by atoms with Gasteiger partial charge in [-0.05, 0) is 118 Å². The van der Waals surface area contributed by atoms with Crippen LogP contribution in [0.3, 0.4) is 0 Å². The summed E-state index contributed by atoms with van der Waals surface area (Å²) in [6.45, 7) is 8.48. The van der Waals surface area contributed by atoms with Gasteiger partial charge >= 0.3 is 0 Å². The van der Waals surface area contributed by atoms with Crippen molar-refractivity contribution in [3.8, 4) is 22.6 Å². The molecule has 0 unspecified atom stereocenters. The lowest BCUT2D eigenvalue weighted by Crippen LogP contribution is -2.10. The predicted octanol–water partition coefficient (Wildman–Crippen LogP) is 14.7.